The van der Waals surface area contributed by atoms with Crippen LogP contribution in [0, 0.1) is 0 Å². The van der Waals surface area contributed by atoms with E-state index in [0.29, 0.717) is 5.56 Å². The predicted octanol–water partition coefficient (Wildman–Crippen LogP) is -2.11. The van der Waals surface area contributed by atoms with Gasteiger partial charge in [0.1, 0.15) is 0 Å². The molecular weight excluding hydrogens is 440 g/mol. The first-order valence-corrected chi connectivity index (χ1v) is 11.6. The summed E-state index contributed by atoms with van der Waals surface area (Å²) in [6, 6.07) is 12.9. The van der Waals surface area contributed by atoms with Gasteiger partial charge in [-0.2, -0.15) is 0 Å². The lowest BCUT2D eigenvalue weighted by atomic mass is 10.0. The first-order chi connectivity index (χ1) is 14.0. The molecule has 0 spiro atoms. The molecule has 4 nitrogen and oxygen atoms in total. The van der Waals surface area contributed by atoms with Crippen LogP contribution in [0.25, 0.3) is 5.57 Å². The van der Waals surface area contributed by atoms with E-state index in [2.05, 4.69) is 20.7 Å². The zero-order chi connectivity index (χ0) is 20.8. The number of benzene rings is 1. The van der Waals surface area contributed by atoms with Crippen molar-refractivity contribution in [3.05, 3.63) is 42.5 Å². The SMILES string of the molecule is C=C(C(=O)[O-])c1ccccc1.C[NH+]1[C@@H]2CCC[C@H]1CC2.C[NH+]1[C@@H]2CCC[C@H]1CC2.[Br-]. The molecule has 4 bridgehead atoms. The van der Waals surface area contributed by atoms with Gasteiger partial charge in [-0.25, -0.2) is 0 Å². The molecule has 6 atom stereocenters. The van der Waals surface area contributed by atoms with E-state index in [1.165, 1.54) is 64.2 Å². The van der Waals surface area contributed by atoms with E-state index < -0.39 is 5.97 Å². The van der Waals surface area contributed by atoms with E-state index >= 15 is 0 Å². The maximum absolute atomic E-state index is 10.3. The Labute approximate surface area is 193 Å². The van der Waals surface area contributed by atoms with Crippen LogP contribution in [0.2, 0.25) is 0 Å². The number of carbonyl (C=O) groups excluding carboxylic acids is 1. The van der Waals surface area contributed by atoms with E-state index in [1.54, 1.807) is 24.3 Å². The summed E-state index contributed by atoms with van der Waals surface area (Å²) in [5.74, 6) is -1.23. The van der Waals surface area contributed by atoms with Crippen LogP contribution in [-0.4, -0.2) is 44.2 Å². The minimum Gasteiger partial charge on any atom is -1.00 e. The predicted molar refractivity (Wildman–Crippen MR) is 116 cm³/mol. The number of hydrogen-bond acceptors (Lipinski definition) is 2. The van der Waals surface area contributed by atoms with Crippen molar-refractivity contribution in [1.29, 1.82) is 0 Å². The fourth-order valence-corrected chi connectivity index (χ4v) is 5.85. The summed E-state index contributed by atoms with van der Waals surface area (Å²) in [6.07, 6.45) is 15.1. The Kier molecular flexibility index (Phi) is 10.1. The molecule has 168 valence electrons. The summed E-state index contributed by atoms with van der Waals surface area (Å²) in [7, 11) is 4.75. The van der Waals surface area contributed by atoms with Gasteiger partial charge in [-0.15, -0.1) is 0 Å². The highest BCUT2D eigenvalue weighted by Crippen LogP contribution is 2.21. The number of aliphatic carboxylic acids is 1. The third kappa shape index (κ3) is 6.41. The molecule has 2 unspecified atom stereocenters. The molecule has 0 radical (unpaired) electrons. The van der Waals surface area contributed by atoms with Gasteiger partial charge in [0.25, 0.3) is 0 Å². The highest BCUT2D eigenvalue weighted by atomic mass is 79.9. The van der Waals surface area contributed by atoms with E-state index in [4.69, 9.17) is 0 Å². The third-order valence-corrected chi connectivity index (χ3v) is 7.88. The smallest absolute Gasteiger partial charge is 0.0877 e. The Hall–Kier alpha value is -1.17. The topological polar surface area (TPSA) is 49.0 Å². The number of hydrogen-bond donors (Lipinski definition) is 2. The Morgan fingerprint density at radius 3 is 1.47 bits per heavy atom. The van der Waals surface area contributed by atoms with Gasteiger partial charge in [-0.3, -0.25) is 0 Å². The van der Waals surface area contributed by atoms with Gasteiger partial charge < -0.3 is 36.7 Å². The normalized spacial score (nSPS) is 33.1. The number of fused-ring (bicyclic) bond motifs is 4. The Bertz CT molecular complexity index is 621. The summed E-state index contributed by atoms with van der Waals surface area (Å²) >= 11 is 0. The average Bonchev–Trinajstić information content (AvgIpc) is 3.07. The number of carboxylic acid groups (broad SMARTS) is 1. The van der Waals surface area contributed by atoms with E-state index in [0.717, 1.165) is 24.2 Å². The van der Waals surface area contributed by atoms with Crippen molar-refractivity contribution < 1.29 is 36.7 Å². The quantitative estimate of drug-likeness (QED) is 0.477. The molecule has 4 aliphatic rings. The third-order valence-electron chi connectivity index (χ3n) is 7.88. The van der Waals surface area contributed by atoms with Crippen LogP contribution in [0.3, 0.4) is 0 Å². The maximum Gasteiger partial charge on any atom is 0.0877 e. The van der Waals surface area contributed by atoms with E-state index in [9.17, 15) is 9.90 Å². The number of carbonyl (C=O) groups is 1. The van der Waals surface area contributed by atoms with Gasteiger partial charge in [-0.1, -0.05) is 36.9 Å². The lowest BCUT2D eigenvalue weighted by Crippen LogP contribution is -3.15. The minimum absolute atomic E-state index is 0. The monoisotopic (exact) mass is 478 g/mol. The van der Waals surface area contributed by atoms with Crippen LogP contribution in [0.4, 0.5) is 0 Å². The minimum atomic E-state index is -1.23. The summed E-state index contributed by atoms with van der Waals surface area (Å²) in [6.45, 7) is 3.36. The van der Waals surface area contributed by atoms with Crippen LogP contribution in [-0.2, 0) is 4.79 Å². The number of piperidine rings is 2. The molecule has 4 saturated heterocycles. The largest absolute Gasteiger partial charge is 1.00 e. The first kappa shape index (κ1) is 25.1. The number of halogens is 1. The second-order valence-electron chi connectivity index (χ2n) is 9.42. The molecule has 30 heavy (non-hydrogen) atoms. The Balaban J connectivity index is 0.000000158. The second kappa shape index (κ2) is 12.0. The standard InChI is InChI=1S/C9H8O2.2C8H15N.BrH/c1-7(9(10)11)8-5-3-2-4-6-8;2*1-9-7-3-2-4-8(9)6-5-7;/h2-6H,1H2,(H,10,11);2*7-8H,2-6H2,1H3;1H/t;2*7-,8+;. The van der Waals surface area contributed by atoms with Crippen molar-refractivity contribution in [2.24, 2.45) is 0 Å². The van der Waals surface area contributed by atoms with Crippen molar-refractivity contribution in [2.75, 3.05) is 14.1 Å². The van der Waals surface area contributed by atoms with Gasteiger partial charge in [0, 0.05) is 25.7 Å². The second-order valence-corrected chi connectivity index (χ2v) is 9.42. The molecule has 4 heterocycles. The van der Waals surface area contributed by atoms with E-state index in [1.807, 2.05) is 15.9 Å². The molecular formula is C25H39BrN2O2. The molecule has 1 aromatic carbocycles. The van der Waals surface area contributed by atoms with Crippen LogP contribution in [0.1, 0.15) is 69.8 Å². The van der Waals surface area contributed by atoms with Crippen molar-refractivity contribution in [1.82, 2.24) is 0 Å². The van der Waals surface area contributed by atoms with Gasteiger partial charge in [-0.05, 0) is 49.7 Å². The lowest BCUT2D eigenvalue weighted by molar-refractivity contribution is -0.922. The lowest BCUT2D eigenvalue weighted by Gasteiger charge is -2.27. The van der Waals surface area contributed by atoms with Crippen molar-refractivity contribution in [2.45, 2.75) is 88.4 Å². The molecule has 5 heteroatoms. The van der Waals surface area contributed by atoms with Gasteiger partial charge in [0.2, 0.25) is 0 Å². The van der Waals surface area contributed by atoms with Gasteiger partial charge in [0.05, 0.1) is 44.2 Å². The summed E-state index contributed by atoms with van der Waals surface area (Å²) in [4.78, 5) is 14.0. The first-order valence-electron chi connectivity index (χ1n) is 11.6. The van der Waals surface area contributed by atoms with Crippen LogP contribution < -0.4 is 31.9 Å². The molecule has 0 aliphatic carbocycles. The van der Waals surface area contributed by atoms with Crippen molar-refractivity contribution in [3.8, 4) is 0 Å². The zero-order valence-electron chi connectivity index (χ0n) is 18.7. The molecule has 4 fully saturated rings. The van der Waals surface area contributed by atoms with Crippen molar-refractivity contribution in [3.63, 3.8) is 0 Å². The van der Waals surface area contributed by atoms with E-state index in [-0.39, 0.29) is 22.6 Å². The average molecular weight is 480 g/mol. The molecule has 2 N–H and O–H groups in total. The van der Waals surface area contributed by atoms with Crippen LogP contribution in [0.5, 0.6) is 0 Å². The van der Waals surface area contributed by atoms with Crippen LogP contribution >= 0.6 is 0 Å². The molecule has 0 amide bonds. The molecule has 0 saturated carbocycles. The maximum atomic E-state index is 10.3. The molecule has 1 aromatic rings. The highest BCUT2D eigenvalue weighted by Gasteiger charge is 2.38. The highest BCUT2D eigenvalue weighted by molar-refractivity contribution is 6.13. The molecule has 0 aromatic heterocycles. The Morgan fingerprint density at radius 2 is 1.17 bits per heavy atom. The Morgan fingerprint density at radius 1 is 0.800 bits per heavy atom. The van der Waals surface area contributed by atoms with Crippen molar-refractivity contribution >= 4 is 11.5 Å². The number of carboxylic acids is 1. The zero-order valence-corrected chi connectivity index (χ0v) is 20.3. The number of quaternary nitrogens is 2. The number of nitrogens with one attached hydrogen (secondary N) is 2. The molecule has 5 rings (SSSR count). The summed E-state index contributed by atoms with van der Waals surface area (Å²) in [5, 5.41) is 10.3. The van der Waals surface area contributed by atoms with Gasteiger partial charge in [0.15, 0.2) is 0 Å². The van der Waals surface area contributed by atoms with Crippen LogP contribution in [0.15, 0.2) is 36.9 Å². The fraction of sp³-hybridized carbons (Fsp3) is 0.640. The summed E-state index contributed by atoms with van der Waals surface area (Å²) in [5.41, 5.74) is 0.609. The number of rotatable bonds is 2. The van der Waals surface area contributed by atoms with Gasteiger partial charge >= 0.3 is 0 Å². The fourth-order valence-electron chi connectivity index (χ4n) is 5.85. The molecule has 4 aliphatic heterocycles. The summed E-state index contributed by atoms with van der Waals surface area (Å²) < 4.78 is 0.